The third-order valence-electron chi connectivity index (χ3n) is 2.63. The molecule has 2 amide bonds. The van der Waals surface area contributed by atoms with E-state index >= 15 is 0 Å². The van der Waals surface area contributed by atoms with Crippen molar-refractivity contribution in [2.75, 3.05) is 5.32 Å². The van der Waals surface area contributed by atoms with Gasteiger partial charge in [-0.15, -0.1) is 11.3 Å². The fourth-order valence-corrected chi connectivity index (χ4v) is 2.60. The highest BCUT2D eigenvalue weighted by Crippen LogP contribution is 2.22. The molecule has 0 saturated heterocycles. The summed E-state index contributed by atoms with van der Waals surface area (Å²) in [7, 11) is 1.78. The van der Waals surface area contributed by atoms with Crippen molar-refractivity contribution < 1.29 is 9.59 Å². The zero-order valence-corrected chi connectivity index (χ0v) is 12.1. The van der Waals surface area contributed by atoms with Gasteiger partial charge in [0.15, 0.2) is 5.82 Å². The Morgan fingerprint density at radius 3 is 2.80 bits per heavy atom. The molecule has 0 aromatic carbocycles. The zero-order valence-electron chi connectivity index (χ0n) is 11.3. The topological polar surface area (TPSA) is 76.0 Å². The van der Waals surface area contributed by atoms with Gasteiger partial charge in [-0.2, -0.15) is 5.10 Å². The monoisotopic (exact) mass is 292 g/mol. The maximum atomic E-state index is 12.0. The van der Waals surface area contributed by atoms with Gasteiger partial charge in [0.1, 0.15) is 0 Å². The number of carbonyl (C=O) groups excluding carboxylic acids is 2. The molecule has 1 atom stereocenters. The molecule has 0 saturated carbocycles. The highest BCUT2D eigenvalue weighted by atomic mass is 32.1. The maximum absolute atomic E-state index is 12.0. The van der Waals surface area contributed by atoms with Crippen molar-refractivity contribution in [3.8, 4) is 0 Å². The second-order valence-corrected chi connectivity index (χ2v) is 5.37. The minimum absolute atomic E-state index is 0.158. The van der Waals surface area contributed by atoms with Crippen molar-refractivity contribution in [2.24, 2.45) is 7.05 Å². The van der Waals surface area contributed by atoms with Gasteiger partial charge in [0.25, 0.3) is 0 Å². The average Bonchev–Trinajstić information content (AvgIpc) is 2.99. The third kappa shape index (κ3) is 3.92. The van der Waals surface area contributed by atoms with Crippen molar-refractivity contribution >= 4 is 29.0 Å². The van der Waals surface area contributed by atoms with Crippen LogP contribution in [0.1, 0.15) is 24.3 Å². The van der Waals surface area contributed by atoms with Gasteiger partial charge in [0.05, 0.1) is 12.5 Å². The summed E-state index contributed by atoms with van der Waals surface area (Å²) in [5, 5.41) is 11.5. The highest BCUT2D eigenvalue weighted by molar-refractivity contribution is 7.10. The Labute approximate surface area is 120 Å². The van der Waals surface area contributed by atoms with Crippen LogP contribution in [0.5, 0.6) is 0 Å². The van der Waals surface area contributed by atoms with Gasteiger partial charge in [-0.3, -0.25) is 14.3 Å². The van der Waals surface area contributed by atoms with Gasteiger partial charge in [-0.05, 0) is 11.4 Å². The van der Waals surface area contributed by atoms with E-state index in [2.05, 4.69) is 15.7 Å². The van der Waals surface area contributed by atoms with E-state index in [0.29, 0.717) is 5.82 Å². The van der Waals surface area contributed by atoms with E-state index in [1.807, 2.05) is 17.5 Å². The Morgan fingerprint density at radius 2 is 2.25 bits per heavy atom. The van der Waals surface area contributed by atoms with Crippen molar-refractivity contribution in [3.05, 3.63) is 34.7 Å². The second-order valence-electron chi connectivity index (χ2n) is 4.40. The van der Waals surface area contributed by atoms with E-state index in [0.717, 1.165) is 4.88 Å². The van der Waals surface area contributed by atoms with E-state index in [1.54, 1.807) is 24.0 Å². The van der Waals surface area contributed by atoms with Crippen LogP contribution in [0.2, 0.25) is 0 Å². The van der Waals surface area contributed by atoms with Crippen LogP contribution in [0, 0.1) is 0 Å². The van der Waals surface area contributed by atoms with Gasteiger partial charge in [0.2, 0.25) is 11.8 Å². The number of amides is 2. The van der Waals surface area contributed by atoms with Crippen LogP contribution in [0.3, 0.4) is 0 Å². The number of thiophene rings is 1. The molecular formula is C13H16N4O2S. The minimum atomic E-state index is -0.309. The van der Waals surface area contributed by atoms with Crippen LogP contribution in [0.25, 0.3) is 0 Å². The lowest BCUT2D eigenvalue weighted by Gasteiger charge is -2.15. The molecule has 0 radical (unpaired) electrons. The Bertz CT molecular complexity index is 591. The SMILES string of the molecule is CC(=O)N[C@H](CC(=O)Nc1ccn(C)n1)c1cccs1. The number of aromatic nitrogens is 2. The molecule has 7 heteroatoms. The minimum Gasteiger partial charge on any atom is -0.348 e. The average molecular weight is 292 g/mol. The summed E-state index contributed by atoms with van der Waals surface area (Å²) in [4.78, 5) is 24.2. The van der Waals surface area contributed by atoms with Crippen LogP contribution in [-0.4, -0.2) is 21.6 Å². The molecule has 2 aromatic rings. The molecule has 20 heavy (non-hydrogen) atoms. The summed E-state index contributed by atoms with van der Waals surface area (Å²) in [6, 6.07) is 5.21. The first-order valence-corrected chi connectivity index (χ1v) is 7.02. The number of rotatable bonds is 5. The number of anilines is 1. The second kappa shape index (κ2) is 6.33. The summed E-state index contributed by atoms with van der Waals surface area (Å²) >= 11 is 1.51. The first-order valence-electron chi connectivity index (χ1n) is 6.14. The van der Waals surface area contributed by atoms with Crippen molar-refractivity contribution in [2.45, 2.75) is 19.4 Å². The lowest BCUT2D eigenvalue weighted by Crippen LogP contribution is -2.29. The molecule has 106 valence electrons. The fourth-order valence-electron chi connectivity index (χ4n) is 1.82. The number of carbonyl (C=O) groups is 2. The van der Waals surface area contributed by atoms with Gasteiger partial charge in [-0.1, -0.05) is 6.07 Å². The van der Waals surface area contributed by atoms with Gasteiger partial charge < -0.3 is 10.6 Å². The van der Waals surface area contributed by atoms with Crippen molar-refractivity contribution in [1.82, 2.24) is 15.1 Å². The van der Waals surface area contributed by atoms with Crippen LogP contribution in [-0.2, 0) is 16.6 Å². The van der Waals surface area contributed by atoms with E-state index < -0.39 is 0 Å². The number of nitrogens with zero attached hydrogens (tertiary/aromatic N) is 2. The van der Waals surface area contributed by atoms with Gasteiger partial charge in [-0.25, -0.2) is 0 Å². The predicted octanol–water partition coefficient (Wildman–Crippen LogP) is 1.69. The molecule has 0 aliphatic rings. The maximum Gasteiger partial charge on any atom is 0.228 e. The Hall–Kier alpha value is -2.15. The number of nitrogens with one attached hydrogen (secondary N) is 2. The first-order chi connectivity index (χ1) is 9.54. The molecule has 0 spiro atoms. The Balaban J connectivity index is 2.00. The van der Waals surface area contributed by atoms with Crippen LogP contribution >= 0.6 is 11.3 Å². The third-order valence-corrected chi connectivity index (χ3v) is 3.62. The normalized spacial score (nSPS) is 11.9. The standard InChI is InChI=1S/C13H16N4O2S/c1-9(18)14-10(11-4-3-7-20-11)8-13(19)15-12-5-6-17(2)16-12/h3-7,10H,8H2,1-2H3,(H,14,18)(H,15,16,19)/t10-/m1/s1. The molecule has 0 aliphatic heterocycles. The van der Waals surface area contributed by atoms with Crippen LogP contribution in [0.4, 0.5) is 5.82 Å². The molecule has 2 aromatic heterocycles. The summed E-state index contributed by atoms with van der Waals surface area (Å²) < 4.78 is 1.61. The largest absolute Gasteiger partial charge is 0.348 e. The highest BCUT2D eigenvalue weighted by Gasteiger charge is 2.18. The Morgan fingerprint density at radius 1 is 1.45 bits per heavy atom. The zero-order chi connectivity index (χ0) is 14.5. The van der Waals surface area contributed by atoms with E-state index in [-0.39, 0.29) is 24.3 Å². The van der Waals surface area contributed by atoms with E-state index in [1.165, 1.54) is 18.3 Å². The molecule has 2 heterocycles. The van der Waals surface area contributed by atoms with E-state index in [9.17, 15) is 9.59 Å². The van der Waals surface area contributed by atoms with E-state index in [4.69, 9.17) is 0 Å². The molecule has 0 fully saturated rings. The summed E-state index contributed by atoms with van der Waals surface area (Å²) in [6.07, 6.45) is 1.93. The summed E-state index contributed by atoms with van der Waals surface area (Å²) in [5.74, 6) is 0.162. The molecule has 0 unspecified atom stereocenters. The number of hydrogen-bond donors (Lipinski definition) is 2. The summed E-state index contributed by atoms with van der Waals surface area (Å²) in [6.45, 7) is 1.44. The quantitative estimate of drug-likeness (QED) is 0.880. The van der Waals surface area contributed by atoms with Crippen LogP contribution in [0.15, 0.2) is 29.8 Å². The molecule has 2 N–H and O–H groups in total. The smallest absolute Gasteiger partial charge is 0.228 e. The van der Waals surface area contributed by atoms with Crippen LogP contribution < -0.4 is 10.6 Å². The Kier molecular flexibility index (Phi) is 4.52. The molecular weight excluding hydrogens is 276 g/mol. The first kappa shape index (κ1) is 14.3. The molecule has 0 aliphatic carbocycles. The van der Waals surface area contributed by atoms with Gasteiger partial charge in [0, 0.05) is 31.1 Å². The molecule has 2 rings (SSSR count). The fraction of sp³-hybridized carbons (Fsp3) is 0.308. The summed E-state index contributed by atoms with van der Waals surface area (Å²) in [5.41, 5.74) is 0. The van der Waals surface area contributed by atoms with Gasteiger partial charge >= 0.3 is 0 Å². The van der Waals surface area contributed by atoms with Crippen molar-refractivity contribution in [1.29, 1.82) is 0 Å². The van der Waals surface area contributed by atoms with Crippen molar-refractivity contribution in [3.63, 3.8) is 0 Å². The number of hydrogen-bond acceptors (Lipinski definition) is 4. The number of aryl methyl sites for hydroxylation is 1. The molecule has 0 bridgehead atoms. The predicted molar refractivity (Wildman–Crippen MR) is 77.3 cm³/mol. The molecule has 6 nitrogen and oxygen atoms in total. The lowest BCUT2D eigenvalue weighted by atomic mass is 10.1. The lowest BCUT2D eigenvalue weighted by molar-refractivity contribution is -0.120.